The normalized spacial score (nSPS) is 31.1. The van der Waals surface area contributed by atoms with Crippen molar-refractivity contribution in [3.8, 4) is 0 Å². The highest BCUT2D eigenvalue weighted by atomic mass is 16.1. The van der Waals surface area contributed by atoms with Crippen LogP contribution in [0, 0.1) is 23.2 Å². The smallest absolute Gasteiger partial charge is 0.168 e. The average Bonchev–Trinajstić information content (AvgIpc) is 3.21. The minimum atomic E-state index is -0.184. The highest BCUT2D eigenvalue weighted by molar-refractivity contribution is 6.17. The first-order valence-corrected chi connectivity index (χ1v) is 10.1. The quantitative estimate of drug-likeness (QED) is 0.607. The Morgan fingerprint density at radius 2 is 1.78 bits per heavy atom. The number of hydrogen-bond acceptors (Lipinski definition) is 2. The van der Waals surface area contributed by atoms with Crippen molar-refractivity contribution in [2.75, 3.05) is 0 Å². The molecule has 2 unspecified atom stereocenters. The predicted octanol–water partition coefficient (Wildman–Crippen LogP) is 5.96. The van der Waals surface area contributed by atoms with Crippen molar-refractivity contribution in [3.05, 3.63) is 70.8 Å². The third-order valence-corrected chi connectivity index (χ3v) is 6.70. The maximum atomic E-state index is 13.3. The van der Waals surface area contributed by atoms with Crippen molar-refractivity contribution in [2.24, 2.45) is 23.2 Å². The van der Waals surface area contributed by atoms with Gasteiger partial charge in [-0.3, -0.25) is 9.59 Å². The molecule has 1 aromatic rings. The summed E-state index contributed by atoms with van der Waals surface area (Å²) in [5.74, 6) is 0.237. The zero-order valence-electron chi connectivity index (χ0n) is 16.5. The number of carbonyl (C=O) groups is 2. The average molecular weight is 360 g/mol. The van der Waals surface area contributed by atoms with Crippen LogP contribution in [0.5, 0.6) is 0 Å². The van der Waals surface area contributed by atoms with Crippen LogP contribution in [0.4, 0.5) is 0 Å². The Morgan fingerprint density at radius 1 is 1.07 bits per heavy atom. The van der Waals surface area contributed by atoms with E-state index in [0.717, 1.165) is 25.7 Å². The lowest BCUT2D eigenvalue weighted by atomic mass is 9.63. The summed E-state index contributed by atoms with van der Waals surface area (Å²) in [6.45, 7) is 6.44. The third kappa shape index (κ3) is 2.96. The molecule has 0 aliphatic heterocycles. The van der Waals surface area contributed by atoms with E-state index in [9.17, 15) is 9.59 Å². The lowest BCUT2D eigenvalue weighted by molar-refractivity contribution is 0.0665. The summed E-state index contributed by atoms with van der Waals surface area (Å²) in [5.41, 5.74) is 3.82. The van der Waals surface area contributed by atoms with Gasteiger partial charge in [0.15, 0.2) is 11.6 Å². The van der Waals surface area contributed by atoms with Crippen LogP contribution in [0.3, 0.4) is 0 Å². The molecule has 2 nitrogen and oxygen atoms in total. The molecule has 0 radical (unpaired) electrons. The fourth-order valence-corrected chi connectivity index (χ4v) is 5.34. The third-order valence-electron chi connectivity index (χ3n) is 6.70. The molecule has 0 aromatic heterocycles. The number of carbonyl (C=O) groups excluding carboxylic acids is 2. The van der Waals surface area contributed by atoms with Crippen LogP contribution < -0.4 is 0 Å². The van der Waals surface area contributed by atoms with E-state index in [2.05, 4.69) is 45.1 Å². The molecular weight excluding hydrogens is 332 g/mol. The van der Waals surface area contributed by atoms with Crippen molar-refractivity contribution in [1.29, 1.82) is 0 Å². The van der Waals surface area contributed by atoms with Crippen molar-refractivity contribution in [3.63, 3.8) is 0 Å². The van der Waals surface area contributed by atoms with Gasteiger partial charge in [0.05, 0.1) is 0 Å². The fraction of sp³-hybridized carbons (Fsp3) is 0.440. The van der Waals surface area contributed by atoms with E-state index in [1.54, 1.807) is 0 Å². The Morgan fingerprint density at radius 3 is 2.48 bits per heavy atom. The molecule has 1 fully saturated rings. The molecule has 2 heteroatoms. The summed E-state index contributed by atoms with van der Waals surface area (Å²) in [5, 5.41) is 0. The molecule has 0 saturated heterocycles. The monoisotopic (exact) mass is 360 g/mol. The van der Waals surface area contributed by atoms with Gasteiger partial charge < -0.3 is 0 Å². The van der Waals surface area contributed by atoms with E-state index >= 15 is 0 Å². The SMILES string of the molecule is CC(C)=CCCC(C)=CC[C@]12C=C[C@H](C1)C1C(=O)c3ccccc3C(=O)C12. The predicted molar refractivity (Wildman–Crippen MR) is 109 cm³/mol. The zero-order chi connectivity index (χ0) is 19.2. The topological polar surface area (TPSA) is 34.1 Å². The molecule has 140 valence electrons. The number of allylic oxidation sites excluding steroid dienone is 6. The maximum absolute atomic E-state index is 13.3. The fourth-order valence-electron chi connectivity index (χ4n) is 5.34. The van der Waals surface area contributed by atoms with Gasteiger partial charge in [0, 0.05) is 28.4 Å². The van der Waals surface area contributed by atoms with Gasteiger partial charge in [-0.25, -0.2) is 0 Å². The van der Waals surface area contributed by atoms with Crippen LogP contribution in [-0.2, 0) is 0 Å². The van der Waals surface area contributed by atoms with Gasteiger partial charge in [-0.2, -0.15) is 0 Å². The number of benzene rings is 1. The maximum Gasteiger partial charge on any atom is 0.168 e. The summed E-state index contributed by atoms with van der Waals surface area (Å²) < 4.78 is 0. The first-order valence-electron chi connectivity index (χ1n) is 10.1. The lowest BCUT2D eigenvalue weighted by Crippen LogP contribution is -2.42. The summed E-state index contributed by atoms with van der Waals surface area (Å²) in [6, 6.07) is 7.38. The highest BCUT2D eigenvalue weighted by Gasteiger charge is 2.61. The number of fused-ring (bicyclic) bond motifs is 6. The first kappa shape index (κ1) is 18.2. The number of ketones is 2. The Kier molecular flexibility index (Phi) is 4.53. The summed E-state index contributed by atoms with van der Waals surface area (Å²) in [4.78, 5) is 26.4. The number of rotatable bonds is 5. The van der Waals surface area contributed by atoms with E-state index in [1.807, 2.05) is 24.3 Å². The highest BCUT2D eigenvalue weighted by Crippen LogP contribution is 2.61. The molecule has 0 N–H and O–H groups in total. The number of Topliss-reactive ketones (excluding diaryl/α,β-unsaturated/α-hetero) is 2. The molecule has 0 heterocycles. The summed E-state index contributed by atoms with van der Waals surface area (Å²) in [6.07, 6.45) is 12.9. The van der Waals surface area contributed by atoms with Crippen LogP contribution in [-0.4, -0.2) is 11.6 Å². The molecule has 2 bridgehead atoms. The second kappa shape index (κ2) is 6.74. The van der Waals surface area contributed by atoms with E-state index in [4.69, 9.17) is 0 Å². The minimum absolute atomic E-state index is 0.156. The molecule has 0 spiro atoms. The van der Waals surface area contributed by atoms with Gasteiger partial charge in [0.2, 0.25) is 0 Å². The van der Waals surface area contributed by atoms with Crippen LogP contribution in [0.2, 0.25) is 0 Å². The van der Waals surface area contributed by atoms with Crippen molar-refractivity contribution >= 4 is 11.6 Å². The standard InChI is InChI=1S/C25H28O2/c1-16(2)7-6-8-17(3)11-13-25-14-12-18(15-25)21-22(25)24(27)20-10-5-4-9-19(20)23(21)26/h4-5,7,9-12,14,18,21-22H,6,8,13,15H2,1-3H3/t18-,21?,22?,25+/m1/s1. The minimum Gasteiger partial charge on any atom is -0.294 e. The Balaban J connectivity index is 1.60. The van der Waals surface area contributed by atoms with E-state index in [-0.39, 0.29) is 34.7 Å². The van der Waals surface area contributed by atoms with Crippen LogP contribution in [0.25, 0.3) is 0 Å². The lowest BCUT2D eigenvalue weighted by Gasteiger charge is -2.37. The van der Waals surface area contributed by atoms with Gasteiger partial charge in [-0.05, 0) is 52.4 Å². The Labute approximate surface area is 162 Å². The van der Waals surface area contributed by atoms with Gasteiger partial charge in [-0.15, -0.1) is 0 Å². The second-order valence-electron chi connectivity index (χ2n) is 8.81. The summed E-state index contributed by atoms with van der Waals surface area (Å²) in [7, 11) is 0. The molecule has 1 saturated carbocycles. The molecular formula is C25H28O2. The van der Waals surface area contributed by atoms with Crippen LogP contribution in [0.1, 0.15) is 67.2 Å². The van der Waals surface area contributed by atoms with E-state index in [0.29, 0.717) is 11.1 Å². The van der Waals surface area contributed by atoms with Crippen molar-refractivity contribution in [1.82, 2.24) is 0 Å². The first-order chi connectivity index (χ1) is 12.9. The summed E-state index contributed by atoms with van der Waals surface area (Å²) >= 11 is 0. The van der Waals surface area contributed by atoms with Gasteiger partial charge >= 0.3 is 0 Å². The Bertz CT molecular complexity index is 881. The van der Waals surface area contributed by atoms with Crippen LogP contribution >= 0.6 is 0 Å². The molecule has 4 atom stereocenters. The molecule has 3 aliphatic carbocycles. The number of hydrogen-bond donors (Lipinski definition) is 0. The second-order valence-corrected chi connectivity index (χ2v) is 8.81. The van der Waals surface area contributed by atoms with Crippen molar-refractivity contribution in [2.45, 2.75) is 46.5 Å². The molecule has 4 rings (SSSR count). The molecule has 0 amide bonds. The molecule has 1 aromatic carbocycles. The molecule has 27 heavy (non-hydrogen) atoms. The van der Waals surface area contributed by atoms with E-state index in [1.165, 1.54) is 11.1 Å². The van der Waals surface area contributed by atoms with Gasteiger partial charge in [0.1, 0.15) is 0 Å². The zero-order valence-corrected chi connectivity index (χ0v) is 16.5. The van der Waals surface area contributed by atoms with Crippen molar-refractivity contribution < 1.29 is 9.59 Å². The van der Waals surface area contributed by atoms with Gasteiger partial charge in [-0.1, -0.05) is 59.7 Å². The molecule has 3 aliphatic rings. The largest absolute Gasteiger partial charge is 0.294 e. The Hall–Kier alpha value is -2.22. The van der Waals surface area contributed by atoms with Gasteiger partial charge in [0.25, 0.3) is 0 Å². The van der Waals surface area contributed by atoms with Crippen LogP contribution in [0.15, 0.2) is 59.7 Å². The van der Waals surface area contributed by atoms with E-state index < -0.39 is 0 Å².